The third kappa shape index (κ3) is 3.30. The van der Waals surface area contributed by atoms with E-state index in [1.165, 1.54) is 18.2 Å². The molecule has 9 nitrogen and oxygen atoms in total. The van der Waals surface area contributed by atoms with Crippen molar-refractivity contribution in [1.29, 1.82) is 0 Å². The van der Waals surface area contributed by atoms with E-state index < -0.39 is 16.1 Å². The van der Waals surface area contributed by atoms with Crippen LogP contribution in [0.3, 0.4) is 0 Å². The molecular formula is C21H18N4O5. The summed E-state index contributed by atoms with van der Waals surface area (Å²) in [5.41, 5.74) is 0.348. The molecule has 0 atom stereocenters. The first-order valence-electron chi connectivity index (χ1n) is 9.43. The number of rotatable bonds is 5. The first-order valence-corrected chi connectivity index (χ1v) is 9.43. The molecule has 0 amide bonds. The molecule has 4 aromatic rings. The molecule has 30 heavy (non-hydrogen) atoms. The van der Waals surface area contributed by atoms with Crippen molar-refractivity contribution in [2.75, 3.05) is 18.0 Å². The lowest BCUT2D eigenvalue weighted by molar-refractivity contribution is -0.384. The summed E-state index contributed by atoms with van der Waals surface area (Å²) in [5.74, 6) is 0. The van der Waals surface area contributed by atoms with Crippen molar-refractivity contribution in [3.05, 3.63) is 73.4 Å². The fourth-order valence-corrected chi connectivity index (χ4v) is 3.42. The number of fused-ring (bicyclic) bond motifs is 2. The van der Waals surface area contributed by atoms with Gasteiger partial charge in [-0.15, -0.1) is 0 Å². The molecule has 0 saturated carbocycles. The van der Waals surface area contributed by atoms with Crippen LogP contribution in [-0.2, 0) is 0 Å². The van der Waals surface area contributed by atoms with E-state index in [0.29, 0.717) is 16.5 Å². The minimum Gasteiger partial charge on any atom is -0.422 e. The number of H-pyrrole nitrogens is 1. The second-order valence-electron chi connectivity index (χ2n) is 6.72. The number of aromatic nitrogens is 2. The van der Waals surface area contributed by atoms with E-state index >= 15 is 0 Å². The quantitative estimate of drug-likeness (QED) is 0.306. The molecule has 0 spiro atoms. The van der Waals surface area contributed by atoms with Gasteiger partial charge in [0.2, 0.25) is 0 Å². The number of benzene rings is 2. The van der Waals surface area contributed by atoms with Gasteiger partial charge in [0.1, 0.15) is 11.3 Å². The zero-order chi connectivity index (χ0) is 21.4. The summed E-state index contributed by atoms with van der Waals surface area (Å²) in [6.45, 7) is 5.72. The van der Waals surface area contributed by atoms with E-state index in [1.54, 1.807) is 12.1 Å². The van der Waals surface area contributed by atoms with Crippen LogP contribution in [0.25, 0.3) is 33.3 Å². The highest BCUT2D eigenvalue weighted by molar-refractivity contribution is 5.85. The lowest BCUT2D eigenvalue weighted by Crippen LogP contribution is -2.21. The molecule has 1 N–H and O–H groups in total. The van der Waals surface area contributed by atoms with Crippen LogP contribution >= 0.6 is 0 Å². The smallest absolute Gasteiger partial charge is 0.345 e. The van der Waals surface area contributed by atoms with Gasteiger partial charge in [-0.05, 0) is 38.1 Å². The van der Waals surface area contributed by atoms with E-state index in [4.69, 9.17) is 4.42 Å². The highest BCUT2D eigenvalue weighted by atomic mass is 16.6. The van der Waals surface area contributed by atoms with Crippen LogP contribution in [0.2, 0.25) is 0 Å². The minimum absolute atomic E-state index is 0.0274. The van der Waals surface area contributed by atoms with Crippen molar-refractivity contribution >= 4 is 33.4 Å². The second-order valence-corrected chi connectivity index (χ2v) is 6.72. The number of nitrogens with one attached hydrogen (secondary N) is 1. The Morgan fingerprint density at radius 3 is 2.57 bits per heavy atom. The number of hydrogen-bond donors (Lipinski definition) is 1. The summed E-state index contributed by atoms with van der Waals surface area (Å²) in [7, 11) is 0. The average molecular weight is 406 g/mol. The van der Waals surface area contributed by atoms with Crippen LogP contribution in [0.15, 0.2) is 56.5 Å². The van der Waals surface area contributed by atoms with Gasteiger partial charge in [0.15, 0.2) is 0 Å². The predicted molar refractivity (Wildman–Crippen MR) is 114 cm³/mol. The van der Waals surface area contributed by atoms with Crippen LogP contribution in [0.4, 0.5) is 11.4 Å². The normalized spacial score (nSPS) is 11.1. The zero-order valence-corrected chi connectivity index (χ0v) is 16.3. The number of nitrogens with zero attached hydrogens (tertiary/aromatic N) is 3. The van der Waals surface area contributed by atoms with Crippen LogP contribution in [-0.4, -0.2) is 28.0 Å². The summed E-state index contributed by atoms with van der Waals surface area (Å²) in [5, 5.41) is 11.6. The molecule has 2 aromatic heterocycles. The molecule has 4 rings (SSSR count). The summed E-state index contributed by atoms with van der Waals surface area (Å²) < 4.78 is 5.48. The van der Waals surface area contributed by atoms with Crippen LogP contribution in [0.5, 0.6) is 0 Å². The Kier molecular flexibility index (Phi) is 4.78. The number of hydrogen-bond acceptors (Lipinski definition) is 7. The SMILES string of the molecule is CCN(CC)c1ccc2cc(-c3nc4ccc([N+](=O)[O-])cc4[nH]c3=O)c(=O)oc2c1. The van der Waals surface area contributed by atoms with Gasteiger partial charge in [0.05, 0.1) is 21.5 Å². The largest absolute Gasteiger partial charge is 0.422 e. The van der Waals surface area contributed by atoms with Crippen molar-refractivity contribution in [1.82, 2.24) is 9.97 Å². The van der Waals surface area contributed by atoms with Crippen LogP contribution < -0.4 is 16.1 Å². The molecule has 0 bridgehead atoms. The molecule has 0 aliphatic rings. The first kappa shape index (κ1) is 19.3. The Hall–Kier alpha value is -4.01. The lowest BCUT2D eigenvalue weighted by atomic mass is 10.1. The molecule has 0 unspecified atom stereocenters. The molecule has 0 saturated heterocycles. The average Bonchev–Trinajstić information content (AvgIpc) is 2.73. The maximum atomic E-state index is 12.6. The monoisotopic (exact) mass is 406 g/mol. The Morgan fingerprint density at radius 2 is 1.87 bits per heavy atom. The van der Waals surface area contributed by atoms with Gasteiger partial charge < -0.3 is 14.3 Å². The molecule has 152 valence electrons. The topological polar surface area (TPSA) is 122 Å². The van der Waals surface area contributed by atoms with Gasteiger partial charge in [-0.1, -0.05) is 0 Å². The summed E-state index contributed by atoms with van der Waals surface area (Å²) >= 11 is 0. The maximum Gasteiger partial charge on any atom is 0.345 e. The Morgan fingerprint density at radius 1 is 1.10 bits per heavy atom. The fraction of sp³-hybridized carbons (Fsp3) is 0.190. The van der Waals surface area contributed by atoms with E-state index in [1.807, 2.05) is 26.0 Å². The lowest BCUT2D eigenvalue weighted by Gasteiger charge is -2.21. The van der Waals surface area contributed by atoms with E-state index in [2.05, 4.69) is 14.9 Å². The van der Waals surface area contributed by atoms with Gasteiger partial charge in [-0.2, -0.15) is 0 Å². The third-order valence-corrected chi connectivity index (χ3v) is 4.99. The maximum absolute atomic E-state index is 12.6. The molecular weight excluding hydrogens is 388 g/mol. The molecule has 0 radical (unpaired) electrons. The van der Waals surface area contributed by atoms with E-state index in [0.717, 1.165) is 18.8 Å². The molecule has 2 aromatic carbocycles. The number of non-ortho nitro benzene ring substituents is 1. The number of aromatic amines is 1. The van der Waals surface area contributed by atoms with Gasteiger partial charge in [-0.3, -0.25) is 14.9 Å². The summed E-state index contributed by atoms with van der Waals surface area (Å²) in [4.78, 5) is 44.5. The van der Waals surface area contributed by atoms with Crippen molar-refractivity contribution < 1.29 is 9.34 Å². The molecule has 2 heterocycles. The summed E-state index contributed by atoms with van der Waals surface area (Å²) in [6.07, 6.45) is 0. The number of nitro groups is 1. The Balaban J connectivity index is 1.86. The number of anilines is 1. The van der Waals surface area contributed by atoms with Crippen LogP contribution in [0.1, 0.15) is 13.8 Å². The first-order chi connectivity index (χ1) is 14.4. The summed E-state index contributed by atoms with van der Waals surface area (Å²) in [6, 6.07) is 11.1. The molecule has 9 heteroatoms. The minimum atomic E-state index is -0.682. The van der Waals surface area contributed by atoms with Crippen LogP contribution in [0, 0.1) is 10.1 Å². The predicted octanol–water partition coefficient (Wildman–Crippen LogP) is 3.45. The fourth-order valence-electron chi connectivity index (χ4n) is 3.42. The van der Waals surface area contributed by atoms with Crippen molar-refractivity contribution in [2.45, 2.75) is 13.8 Å². The van der Waals surface area contributed by atoms with E-state index in [9.17, 15) is 19.7 Å². The Labute approximate surface area is 169 Å². The van der Waals surface area contributed by atoms with Gasteiger partial charge in [0, 0.05) is 42.4 Å². The zero-order valence-electron chi connectivity index (χ0n) is 16.3. The highest BCUT2D eigenvalue weighted by Gasteiger charge is 2.16. The second kappa shape index (κ2) is 7.43. The van der Waals surface area contributed by atoms with Crippen molar-refractivity contribution in [3.8, 4) is 11.3 Å². The molecule has 0 aliphatic carbocycles. The third-order valence-electron chi connectivity index (χ3n) is 4.99. The number of nitro benzene ring substituents is 1. The highest BCUT2D eigenvalue weighted by Crippen LogP contribution is 2.24. The molecule has 0 fully saturated rings. The molecule has 0 aliphatic heterocycles. The van der Waals surface area contributed by atoms with Crippen molar-refractivity contribution in [2.24, 2.45) is 0 Å². The van der Waals surface area contributed by atoms with E-state index in [-0.39, 0.29) is 22.5 Å². The standard InChI is InChI=1S/C21H18N4O5/c1-3-24(4-2)13-6-5-12-9-15(21(27)30-18(12)11-13)19-20(26)23-17-10-14(25(28)29)7-8-16(17)22-19/h5-11H,3-4H2,1-2H3,(H,23,26). The Bertz CT molecular complexity index is 1400. The van der Waals surface area contributed by atoms with Gasteiger partial charge >= 0.3 is 5.63 Å². The van der Waals surface area contributed by atoms with Gasteiger partial charge in [0.25, 0.3) is 11.2 Å². The van der Waals surface area contributed by atoms with Gasteiger partial charge in [-0.25, -0.2) is 9.78 Å². The van der Waals surface area contributed by atoms with Crippen molar-refractivity contribution in [3.63, 3.8) is 0 Å².